The van der Waals surface area contributed by atoms with Crippen molar-refractivity contribution >= 4 is 28.9 Å². The van der Waals surface area contributed by atoms with Crippen LogP contribution in [0, 0.1) is 5.82 Å². The molecule has 2 N–H and O–H groups in total. The molecule has 0 aliphatic rings. The molecule has 0 amide bonds. The van der Waals surface area contributed by atoms with E-state index in [0.717, 1.165) is 0 Å². The van der Waals surface area contributed by atoms with Crippen LogP contribution in [0.25, 0.3) is 17.1 Å². The van der Waals surface area contributed by atoms with Gasteiger partial charge in [-0.3, -0.25) is 0 Å². The molecule has 3 aromatic rings. The van der Waals surface area contributed by atoms with Gasteiger partial charge in [0, 0.05) is 5.56 Å². The predicted molar refractivity (Wildman–Crippen MR) is 79.0 cm³/mol. The van der Waals surface area contributed by atoms with Gasteiger partial charge in [0.15, 0.2) is 5.82 Å². The lowest BCUT2D eigenvalue weighted by molar-refractivity contribution is 0.627. The minimum Gasteiger partial charge on any atom is -0.398 e. The number of nitrogens with two attached hydrogens (primary N) is 1. The maximum absolute atomic E-state index is 13.3. The van der Waals surface area contributed by atoms with Crippen LogP contribution in [0.4, 0.5) is 10.1 Å². The van der Waals surface area contributed by atoms with E-state index in [2.05, 4.69) is 15.5 Å². The van der Waals surface area contributed by atoms with Crippen LogP contribution in [0.1, 0.15) is 0 Å². The quantitative estimate of drug-likeness (QED) is 0.734. The summed E-state index contributed by atoms with van der Waals surface area (Å²) in [6, 6.07) is 9.34. The number of nitrogens with zero attached hydrogens (tertiary/aromatic N) is 4. The highest BCUT2D eigenvalue weighted by Gasteiger charge is 2.16. The van der Waals surface area contributed by atoms with Gasteiger partial charge in [-0.15, -0.1) is 5.10 Å². The Hall–Kier alpha value is -2.18. The number of tetrazole rings is 1. The molecule has 1 aromatic heterocycles. The first-order chi connectivity index (χ1) is 10.1. The van der Waals surface area contributed by atoms with E-state index >= 15 is 0 Å². The van der Waals surface area contributed by atoms with Crippen LogP contribution < -0.4 is 5.73 Å². The summed E-state index contributed by atoms with van der Waals surface area (Å²) in [6.07, 6.45) is 0. The number of rotatable bonds is 2. The number of anilines is 1. The summed E-state index contributed by atoms with van der Waals surface area (Å²) in [5, 5.41) is 11.8. The fraction of sp³-hybridized carbons (Fsp3) is 0. The standard InChI is InChI=1S/C13H8Cl2FN5/c14-9-6-7(4-5-10(9)16)21-13(18-19-20-21)8-2-1-3-11(17)12(8)15/h1-6H,17H2. The Labute approximate surface area is 129 Å². The van der Waals surface area contributed by atoms with Crippen molar-refractivity contribution in [2.45, 2.75) is 0 Å². The molecule has 0 unspecified atom stereocenters. The second-order valence-electron chi connectivity index (χ2n) is 4.22. The minimum absolute atomic E-state index is 0.0207. The average Bonchev–Trinajstić information content (AvgIpc) is 2.94. The third-order valence-electron chi connectivity index (χ3n) is 2.89. The van der Waals surface area contributed by atoms with E-state index in [1.807, 2.05) is 0 Å². The van der Waals surface area contributed by atoms with E-state index in [-0.39, 0.29) is 5.02 Å². The van der Waals surface area contributed by atoms with Crippen LogP contribution >= 0.6 is 23.2 Å². The van der Waals surface area contributed by atoms with Crippen molar-refractivity contribution in [3.63, 3.8) is 0 Å². The van der Waals surface area contributed by atoms with Crippen molar-refractivity contribution in [1.29, 1.82) is 0 Å². The molecule has 0 spiro atoms. The predicted octanol–water partition coefficient (Wildman–Crippen LogP) is 3.36. The minimum atomic E-state index is -0.517. The summed E-state index contributed by atoms with van der Waals surface area (Å²) >= 11 is 12.0. The van der Waals surface area contributed by atoms with Crippen LogP contribution in [-0.4, -0.2) is 20.2 Å². The van der Waals surface area contributed by atoms with Crippen LogP contribution in [0.2, 0.25) is 10.0 Å². The maximum atomic E-state index is 13.3. The average molecular weight is 324 g/mol. The van der Waals surface area contributed by atoms with Crippen LogP contribution in [0.15, 0.2) is 36.4 Å². The molecule has 0 saturated carbocycles. The zero-order valence-corrected chi connectivity index (χ0v) is 12.0. The first-order valence-corrected chi connectivity index (χ1v) is 6.61. The van der Waals surface area contributed by atoms with Gasteiger partial charge in [0.1, 0.15) is 5.82 Å². The summed E-state index contributed by atoms with van der Waals surface area (Å²) in [4.78, 5) is 0. The summed E-state index contributed by atoms with van der Waals surface area (Å²) in [5.41, 5.74) is 7.28. The van der Waals surface area contributed by atoms with E-state index in [1.165, 1.54) is 22.9 Å². The van der Waals surface area contributed by atoms with Crippen molar-refractivity contribution < 1.29 is 4.39 Å². The van der Waals surface area contributed by atoms with Gasteiger partial charge < -0.3 is 5.73 Å². The van der Waals surface area contributed by atoms with Crippen molar-refractivity contribution in [2.75, 3.05) is 5.73 Å². The molecule has 8 heteroatoms. The monoisotopic (exact) mass is 323 g/mol. The molecule has 0 aliphatic carbocycles. The maximum Gasteiger partial charge on any atom is 0.188 e. The van der Waals surface area contributed by atoms with Gasteiger partial charge in [-0.05, 0) is 40.8 Å². The smallest absolute Gasteiger partial charge is 0.188 e. The Kier molecular flexibility index (Phi) is 3.48. The van der Waals surface area contributed by atoms with Gasteiger partial charge in [0.05, 0.1) is 21.4 Å². The second kappa shape index (κ2) is 5.31. The van der Waals surface area contributed by atoms with E-state index in [4.69, 9.17) is 28.9 Å². The molecule has 0 aliphatic heterocycles. The zero-order chi connectivity index (χ0) is 15.0. The Morgan fingerprint density at radius 3 is 2.71 bits per heavy atom. The van der Waals surface area contributed by atoms with E-state index in [0.29, 0.717) is 27.8 Å². The molecule has 0 bridgehead atoms. The number of hydrogen-bond acceptors (Lipinski definition) is 4. The lowest BCUT2D eigenvalue weighted by Crippen LogP contribution is -2.01. The number of nitrogen functional groups attached to an aromatic ring is 1. The number of aromatic nitrogens is 4. The van der Waals surface area contributed by atoms with Gasteiger partial charge in [-0.2, -0.15) is 4.68 Å². The molecule has 0 atom stereocenters. The molecule has 106 valence electrons. The van der Waals surface area contributed by atoms with Gasteiger partial charge in [-0.25, -0.2) is 4.39 Å². The molecule has 5 nitrogen and oxygen atoms in total. The Balaban J connectivity index is 2.17. The number of benzene rings is 2. The van der Waals surface area contributed by atoms with Crippen molar-refractivity contribution in [2.24, 2.45) is 0 Å². The first-order valence-electron chi connectivity index (χ1n) is 5.86. The molecule has 0 radical (unpaired) electrons. The summed E-state index contributed by atoms with van der Waals surface area (Å²) in [6.45, 7) is 0. The Morgan fingerprint density at radius 1 is 1.14 bits per heavy atom. The molecule has 1 heterocycles. The number of hydrogen-bond donors (Lipinski definition) is 1. The normalized spacial score (nSPS) is 10.8. The third-order valence-corrected chi connectivity index (χ3v) is 3.60. The lowest BCUT2D eigenvalue weighted by atomic mass is 10.2. The topological polar surface area (TPSA) is 69.6 Å². The van der Waals surface area contributed by atoms with Crippen LogP contribution in [-0.2, 0) is 0 Å². The first kappa shape index (κ1) is 13.8. The summed E-state index contributed by atoms with van der Waals surface area (Å²) in [7, 11) is 0. The number of halogens is 3. The van der Waals surface area contributed by atoms with E-state index < -0.39 is 5.82 Å². The molecule has 0 fully saturated rings. The molecule has 3 rings (SSSR count). The molecular weight excluding hydrogens is 316 g/mol. The SMILES string of the molecule is Nc1cccc(-c2nnnn2-c2ccc(F)c(Cl)c2)c1Cl. The molecule has 0 saturated heterocycles. The highest BCUT2D eigenvalue weighted by molar-refractivity contribution is 6.35. The highest BCUT2D eigenvalue weighted by atomic mass is 35.5. The Bertz CT molecular complexity index is 818. The van der Waals surface area contributed by atoms with Crippen molar-refractivity contribution in [3.05, 3.63) is 52.3 Å². The molecular formula is C13H8Cl2FN5. The Morgan fingerprint density at radius 2 is 1.95 bits per heavy atom. The third kappa shape index (κ3) is 2.43. The van der Waals surface area contributed by atoms with Gasteiger partial charge >= 0.3 is 0 Å². The highest BCUT2D eigenvalue weighted by Crippen LogP contribution is 2.31. The summed E-state index contributed by atoms with van der Waals surface area (Å²) < 4.78 is 14.7. The van der Waals surface area contributed by atoms with Gasteiger partial charge in [-0.1, -0.05) is 29.3 Å². The van der Waals surface area contributed by atoms with Crippen molar-refractivity contribution in [1.82, 2.24) is 20.2 Å². The van der Waals surface area contributed by atoms with E-state index in [1.54, 1.807) is 18.2 Å². The van der Waals surface area contributed by atoms with Crippen LogP contribution in [0.5, 0.6) is 0 Å². The van der Waals surface area contributed by atoms with Gasteiger partial charge in [0.25, 0.3) is 0 Å². The lowest BCUT2D eigenvalue weighted by Gasteiger charge is -2.08. The summed E-state index contributed by atoms with van der Waals surface area (Å²) in [5.74, 6) is -0.132. The fourth-order valence-electron chi connectivity index (χ4n) is 1.87. The molecule has 2 aromatic carbocycles. The largest absolute Gasteiger partial charge is 0.398 e. The second-order valence-corrected chi connectivity index (χ2v) is 5.01. The van der Waals surface area contributed by atoms with Gasteiger partial charge in [0.2, 0.25) is 0 Å². The zero-order valence-electron chi connectivity index (χ0n) is 10.5. The van der Waals surface area contributed by atoms with Crippen LogP contribution in [0.3, 0.4) is 0 Å². The fourth-order valence-corrected chi connectivity index (χ4v) is 2.25. The molecule has 21 heavy (non-hydrogen) atoms. The van der Waals surface area contributed by atoms with E-state index in [9.17, 15) is 4.39 Å². The van der Waals surface area contributed by atoms with Crippen molar-refractivity contribution in [3.8, 4) is 17.1 Å².